The second kappa shape index (κ2) is 11.2. The Kier molecular flexibility index (Phi) is 10.8. The van der Waals surface area contributed by atoms with Crippen molar-refractivity contribution in [2.24, 2.45) is 10.2 Å². The molecule has 0 fully saturated rings. The standard InChI is InChI=1S/C23H48N2O4Si2/c1-13-16-30(17-14-2,18-15-3)28-19(26)24-25-20(27)29-31(21(4,5)6,22(7,8)9)23(10,11)12/h13-18H2,1-12H3/b25-24+. The van der Waals surface area contributed by atoms with Crippen LogP contribution < -0.4 is 0 Å². The molecule has 0 saturated heterocycles. The van der Waals surface area contributed by atoms with Crippen LogP contribution in [0.2, 0.25) is 33.2 Å². The van der Waals surface area contributed by atoms with E-state index >= 15 is 0 Å². The fourth-order valence-electron chi connectivity index (χ4n) is 6.17. The van der Waals surface area contributed by atoms with Gasteiger partial charge in [-0.2, -0.15) is 0 Å². The molecule has 0 bridgehead atoms. The molecule has 6 nitrogen and oxygen atoms in total. The number of hydrogen-bond donors (Lipinski definition) is 0. The Morgan fingerprint density at radius 2 is 0.903 bits per heavy atom. The fourth-order valence-corrected chi connectivity index (χ4v) is 18.3. The predicted octanol–water partition coefficient (Wildman–Crippen LogP) is 9.23. The quantitative estimate of drug-likeness (QED) is 0.260. The van der Waals surface area contributed by atoms with Crippen molar-refractivity contribution in [1.82, 2.24) is 0 Å². The van der Waals surface area contributed by atoms with Gasteiger partial charge in [0.2, 0.25) is 0 Å². The van der Waals surface area contributed by atoms with Gasteiger partial charge in [0.1, 0.15) is 0 Å². The molecule has 0 rings (SSSR count). The largest absolute Gasteiger partial charge is 0.501 e. The third-order valence-electron chi connectivity index (χ3n) is 6.04. The SMILES string of the molecule is CCC[Si](CCC)(CCC)OC(=O)/N=N/C(=O)O[Si](C(C)(C)C)(C(C)(C)C)C(C)(C)C. The highest BCUT2D eigenvalue weighted by atomic mass is 28.4. The van der Waals surface area contributed by atoms with Crippen molar-refractivity contribution < 1.29 is 18.4 Å². The molecule has 0 aliphatic rings. The van der Waals surface area contributed by atoms with Crippen molar-refractivity contribution in [3.63, 3.8) is 0 Å². The van der Waals surface area contributed by atoms with E-state index < -0.39 is 28.8 Å². The molecule has 0 N–H and O–H groups in total. The van der Waals surface area contributed by atoms with Crippen LogP contribution in [0, 0.1) is 0 Å². The van der Waals surface area contributed by atoms with E-state index in [0.29, 0.717) is 0 Å². The Hall–Kier alpha value is -1.03. The molecular formula is C23H48N2O4Si2. The van der Waals surface area contributed by atoms with Crippen LogP contribution in [0.3, 0.4) is 0 Å². The molecule has 0 aliphatic carbocycles. The van der Waals surface area contributed by atoms with Crippen molar-refractivity contribution in [1.29, 1.82) is 0 Å². The minimum absolute atomic E-state index is 0.235. The summed E-state index contributed by atoms with van der Waals surface area (Å²) >= 11 is 0. The average molecular weight is 473 g/mol. The van der Waals surface area contributed by atoms with Crippen molar-refractivity contribution in [2.75, 3.05) is 0 Å². The zero-order chi connectivity index (χ0) is 24.7. The van der Waals surface area contributed by atoms with Gasteiger partial charge in [0, 0.05) is 0 Å². The summed E-state index contributed by atoms with van der Waals surface area (Å²) in [6.45, 7) is 25.4. The van der Waals surface area contributed by atoms with E-state index in [-0.39, 0.29) is 15.1 Å². The summed E-state index contributed by atoms with van der Waals surface area (Å²) in [7, 11) is -4.98. The summed E-state index contributed by atoms with van der Waals surface area (Å²) in [6, 6.07) is 2.73. The summed E-state index contributed by atoms with van der Waals surface area (Å²) in [5, 5.41) is 6.59. The first-order chi connectivity index (χ1) is 13.9. The lowest BCUT2D eigenvalue weighted by Crippen LogP contribution is -2.61. The number of azo groups is 1. The van der Waals surface area contributed by atoms with Gasteiger partial charge in [-0.15, -0.1) is 0 Å². The fraction of sp³-hybridized carbons (Fsp3) is 0.913. The molecule has 0 heterocycles. The molecule has 0 aliphatic heterocycles. The predicted molar refractivity (Wildman–Crippen MR) is 134 cm³/mol. The number of rotatable bonds is 8. The highest BCUT2D eigenvalue weighted by Crippen LogP contribution is 2.62. The first-order valence-electron chi connectivity index (χ1n) is 11.8. The summed E-state index contributed by atoms with van der Waals surface area (Å²) < 4.78 is 12.1. The molecule has 0 radical (unpaired) electrons. The Balaban J connectivity index is 5.76. The molecule has 182 valence electrons. The Morgan fingerprint density at radius 3 is 1.16 bits per heavy atom. The van der Waals surface area contributed by atoms with Crippen LogP contribution in [0.1, 0.15) is 102 Å². The maximum atomic E-state index is 12.8. The van der Waals surface area contributed by atoms with Crippen molar-refractivity contribution in [3.05, 3.63) is 0 Å². The van der Waals surface area contributed by atoms with Crippen LogP contribution in [0.25, 0.3) is 0 Å². The Bertz CT molecular complexity index is 576. The van der Waals surface area contributed by atoms with Crippen LogP contribution in [-0.4, -0.2) is 28.8 Å². The number of carbonyl (C=O) groups excluding carboxylic acids is 2. The van der Waals surface area contributed by atoms with Gasteiger partial charge >= 0.3 is 12.2 Å². The van der Waals surface area contributed by atoms with Gasteiger partial charge in [0.15, 0.2) is 0 Å². The number of amides is 2. The molecule has 0 saturated carbocycles. The molecule has 0 spiro atoms. The van der Waals surface area contributed by atoms with E-state index in [1.54, 1.807) is 0 Å². The van der Waals surface area contributed by atoms with Gasteiger partial charge < -0.3 is 8.85 Å². The zero-order valence-electron chi connectivity index (χ0n) is 22.3. The van der Waals surface area contributed by atoms with Crippen molar-refractivity contribution in [2.45, 2.75) is 136 Å². The first kappa shape index (κ1) is 30.0. The summed E-state index contributed by atoms with van der Waals surface area (Å²) in [5.74, 6) is 0. The summed E-state index contributed by atoms with van der Waals surface area (Å²) in [6.07, 6.45) is 1.35. The Morgan fingerprint density at radius 1 is 0.613 bits per heavy atom. The zero-order valence-corrected chi connectivity index (χ0v) is 24.3. The van der Waals surface area contributed by atoms with Crippen LogP contribution >= 0.6 is 0 Å². The lowest BCUT2D eigenvalue weighted by molar-refractivity contribution is 0.188. The highest BCUT2D eigenvalue weighted by molar-refractivity contribution is 6.83. The molecular weight excluding hydrogens is 424 g/mol. The van der Waals surface area contributed by atoms with Crippen LogP contribution in [0.15, 0.2) is 10.2 Å². The average Bonchev–Trinajstić information content (AvgIpc) is 2.55. The smallest absolute Gasteiger partial charge is 0.439 e. The minimum atomic E-state index is -2.77. The highest BCUT2D eigenvalue weighted by Gasteiger charge is 2.64. The van der Waals surface area contributed by atoms with Gasteiger partial charge in [-0.3, -0.25) is 0 Å². The third kappa shape index (κ3) is 7.51. The van der Waals surface area contributed by atoms with E-state index in [4.69, 9.17) is 8.85 Å². The maximum Gasteiger partial charge on any atom is 0.439 e. The van der Waals surface area contributed by atoms with Gasteiger partial charge in [-0.1, -0.05) is 113 Å². The lowest BCUT2D eigenvalue weighted by atomic mass is 10.2. The second-order valence-corrected chi connectivity index (χ2v) is 21.9. The van der Waals surface area contributed by atoms with Crippen LogP contribution in [0.4, 0.5) is 9.59 Å². The molecule has 0 aromatic rings. The molecule has 0 atom stereocenters. The molecule has 8 heteroatoms. The monoisotopic (exact) mass is 472 g/mol. The van der Waals surface area contributed by atoms with Gasteiger partial charge in [-0.05, 0) is 33.2 Å². The van der Waals surface area contributed by atoms with E-state index in [9.17, 15) is 9.59 Å². The second-order valence-electron chi connectivity index (χ2n) is 11.8. The van der Waals surface area contributed by atoms with Crippen molar-refractivity contribution >= 4 is 28.8 Å². The third-order valence-corrected chi connectivity index (χ3v) is 17.7. The van der Waals surface area contributed by atoms with E-state index in [2.05, 4.69) is 93.3 Å². The summed E-state index contributed by atoms with van der Waals surface area (Å²) in [5.41, 5.74) is 0. The van der Waals surface area contributed by atoms with E-state index in [0.717, 1.165) is 37.4 Å². The van der Waals surface area contributed by atoms with Crippen LogP contribution in [-0.2, 0) is 8.85 Å². The molecule has 0 unspecified atom stereocenters. The Labute approximate surface area is 193 Å². The minimum Gasteiger partial charge on any atom is -0.501 e. The normalized spacial score (nSPS) is 14.1. The molecule has 2 amide bonds. The summed E-state index contributed by atoms with van der Waals surface area (Å²) in [4.78, 5) is 25.3. The topological polar surface area (TPSA) is 77.3 Å². The van der Waals surface area contributed by atoms with Crippen LogP contribution in [0.5, 0.6) is 0 Å². The van der Waals surface area contributed by atoms with Gasteiger partial charge in [0.05, 0.1) is 0 Å². The van der Waals surface area contributed by atoms with E-state index in [1.807, 2.05) is 0 Å². The van der Waals surface area contributed by atoms with E-state index in [1.165, 1.54) is 0 Å². The number of nitrogens with zero attached hydrogens (tertiary/aromatic N) is 2. The molecule has 0 aromatic heterocycles. The van der Waals surface area contributed by atoms with Crippen molar-refractivity contribution in [3.8, 4) is 0 Å². The lowest BCUT2D eigenvalue weighted by Gasteiger charge is -2.56. The maximum absolute atomic E-state index is 12.8. The molecule has 31 heavy (non-hydrogen) atoms. The number of carbonyl (C=O) groups is 2. The van der Waals surface area contributed by atoms with Gasteiger partial charge in [0.25, 0.3) is 16.6 Å². The first-order valence-corrected chi connectivity index (χ1v) is 16.2. The van der Waals surface area contributed by atoms with Gasteiger partial charge in [-0.25, -0.2) is 9.59 Å². The number of hydrogen-bond acceptors (Lipinski definition) is 4. The molecule has 0 aromatic carbocycles.